The SMILES string of the molecule is CNCC1CCC(C(O)C(F)(F)F)CC1. The Morgan fingerprint density at radius 1 is 1.27 bits per heavy atom. The first-order valence-corrected chi connectivity index (χ1v) is 5.34. The lowest BCUT2D eigenvalue weighted by molar-refractivity contribution is -0.222. The Bertz CT molecular complexity index is 188. The maximum Gasteiger partial charge on any atom is 0.414 e. The van der Waals surface area contributed by atoms with Gasteiger partial charge in [0, 0.05) is 0 Å². The second-order valence-electron chi connectivity index (χ2n) is 4.32. The van der Waals surface area contributed by atoms with Gasteiger partial charge in [0.15, 0.2) is 6.10 Å². The molecule has 1 aliphatic carbocycles. The smallest absolute Gasteiger partial charge is 0.383 e. The lowest BCUT2D eigenvalue weighted by Crippen LogP contribution is -2.38. The van der Waals surface area contributed by atoms with Gasteiger partial charge in [-0.25, -0.2) is 0 Å². The predicted octanol–water partition coefficient (Wildman–Crippen LogP) is 1.94. The summed E-state index contributed by atoms with van der Waals surface area (Å²) in [4.78, 5) is 0. The first kappa shape index (κ1) is 12.8. The molecule has 15 heavy (non-hydrogen) atoms. The molecule has 0 aliphatic heterocycles. The van der Waals surface area contributed by atoms with Crippen LogP contribution >= 0.6 is 0 Å². The van der Waals surface area contributed by atoms with Crippen LogP contribution in [0.25, 0.3) is 0 Å². The third-order valence-electron chi connectivity index (χ3n) is 3.17. The molecule has 0 amide bonds. The summed E-state index contributed by atoms with van der Waals surface area (Å²) in [6.07, 6.45) is -4.08. The van der Waals surface area contributed by atoms with Crippen LogP contribution in [0, 0.1) is 11.8 Å². The van der Waals surface area contributed by atoms with Crippen molar-refractivity contribution in [2.24, 2.45) is 11.8 Å². The van der Waals surface area contributed by atoms with Crippen molar-refractivity contribution in [3.05, 3.63) is 0 Å². The Morgan fingerprint density at radius 2 is 1.80 bits per heavy atom. The first-order valence-electron chi connectivity index (χ1n) is 5.34. The van der Waals surface area contributed by atoms with Crippen molar-refractivity contribution in [1.82, 2.24) is 5.32 Å². The van der Waals surface area contributed by atoms with Crippen molar-refractivity contribution < 1.29 is 18.3 Å². The van der Waals surface area contributed by atoms with Crippen LogP contribution in [0.3, 0.4) is 0 Å². The van der Waals surface area contributed by atoms with E-state index < -0.39 is 18.2 Å². The molecule has 0 aromatic rings. The van der Waals surface area contributed by atoms with Gasteiger partial charge in [0.25, 0.3) is 0 Å². The van der Waals surface area contributed by atoms with Crippen LogP contribution in [0.2, 0.25) is 0 Å². The second-order valence-corrected chi connectivity index (χ2v) is 4.32. The van der Waals surface area contributed by atoms with E-state index >= 15 is 0 Å². The molecule has 2 N–H and O–H groups in total. The molecule has 0 bridgehead atoms. The maximum atomic E-state index is 12.2. The Kier molecular flexibility index (Phi) is 4.40. The standard InChI is InChI=1S/C10H18F3NO/c1-14-6-7-2-4-8(5-3-7)9(15)10(11,12)13/h7-9,14-15H,2-6H2,1H3. The average molecular weight is 225 g/mol. The molecule has 0 aromatic heterocycles. The fraction of sp³-hybridized carbons (Fsp3) is 1.00. The van der Waals surface area contributed by atoms with Gasteiger partial charge in [0.05, 0.1) is 0 Å². The maximum absolute atomic E-state index is 12.2. The van der Waals surface area contributed by atoms with Crippen molar-refractivity contribution in [2.75, 3.05) is 13.6 Å². The average Bonchev–Trinajstić information content (AvgIpc) is 2.17. The van der Waals surface area contributed by atoms with Crippen molar-refractivity contribution in [3.8, 4) is 0 Å². The lowest BCUT2D eigenvalue weighted by atomic mass is 9.79. The largest absolute Gasteiger partial charge is 0.414 e. The van der Waals surface area contributed by atoms with E-state index in [4.69, 9.17) is 5.11 Å². The van der Waals surface area contributed by atoms with E-state index in [0.29, 0.717) is 18.8 Å². The molecule has 5 heteroatoms. The number of rotatable bonds is 3. The van der Waals surface area contributed by atoms with Crippen LogP contribution in [-0.4, -0.2) is 31.0 Å². The Hall–Kier alpha value is -0.290. The van der Waals surface area contributed by atoms with E-state index in [-0.39, 0.29) is 0 Å². The highest BCUT2D eigenvalue weighted by molar-refractivity contribution is 4.81. The number of nitrogens with one attached hydrogen (secondary N) is 1. The van der Waals surface area contributed by atoms with E-state index in [0.717, 1.165) is 19.4 Å². The summed E-state index contributed by atoms with van der Waals surface area (Å²) < 4.78 is 36.6. The third kappa shape index (κ3) is 3.65. The summed E-state index contributed by atoms with van der Waals surface area (Å²) in [6.45, 7) is 0.856. The summed E-state index contributed by atoms with van der Waals surface area (Å²) in [6, 6.07) is 0. The molecule has 0 spiro atoms. The predicted molar refractivity (Wildman–Crippen MR) is 51.4 cm³/mol. The molecular weight excluding hydrogens is 207 g/mol. The Balaban J connectivity index is 2.37. The highest BCUT2D eigenvalue weighted by atomic mass is 19.4. The topological polar surface area (TPSA) is 32.3 Å². The number of halogens is 3. The van der Waals surface area contributed by atoms with Crippen LogP contribution < -0.4 is 5.32 Å². The van der Waals surface area contributed by atoms with E-state index in [9.17, 15) is 13.2 Å². The first-order chi connectivity index (χ1) is 6.95. The number of aliphatic hydroxyl groups excluding tert-OH is 1. The Morgan fingerprint density at radius 3 is 2.20 bits per heavy atom. The second kappa shape index (κ2) is 5.16. The summed E-state index contributed by atoms with van der Waals surface area (Å²) in [5.41, 5.74) is 0. The summed E-state index contributed by atoms with van der Waals surface area (Å²) in [5, 5.41) is 12.1. The van der Waals surface area contributed by atoms with Crippen molar-refractivity contribution >= 4 is 0 Å². The Labute approximate surface area is 87.9 Å². The molecule has 1 fully saturated rings. The van der Waals surface area contributed by atoms with Gasteiger partial charge in [-0.3, -0.25) is 0 Å². The zero-order valence-corrected chi connectivity index (χ0v) is 8.85. The van der Waals surface area contributed by atoms with Crippen LogP contribution in [-0.2, 0) is 0 Å². The van der Waals surface area contributed by atoms with Gasteiger partial charge >= 0.3 is 6.18 Å². The molecule has 90 valence electrons. The molecule has 0 aromatic carbocycles. The number of hydrogen-bond donors (Lipinski definition) is 2. The zero-order valence-electron chi connectivity index (χ0n) is 8.85. The highest BCUT2D eigenvalue weighted by Gasteiger charge is 2.44. The van der Waals surface area contributed by atoms with Crippen molar-refractivity contribution in [3.63, 3.8) is 0 Å². The summed E-state index contributed by atoms with van der Waals surface area (Å²) >= 11 is 0. The minimum Gasteiger partial charge on any atom is -0.383 e. The monoisotopic (exact) mass is 225 g/mol. The van der Waals surface area contributed by atoms with Crippen LogP contribution in [0.1, 0.15) is 25.7 Å². The number of hydrogen-bond acceptors (Lipinski definition) is 2. The normalized spacial score (nSPS) is 30.2. The van der Waals surface area contributed by atoms with Gasteiger partial charge in [-0.15, -0.1) is 0 Å². The molecule has 1 saturated carbocycles. The van der Waals surface area contributed by atoms with Gasteiger partial charge < -0.3 is 10.4 Å². The van der Waals surface area contributed by atoms with Crippen LogP contribution in [0.15, 0.2) is 0 Å². The molecule has 1 unspecified atom stereocenters. The molecule has 1 rings (SSSR count). The summed E-state index contributed by atoms with van der Waals surface area (Å²) in [5.74, 6) is -0.134. The van der Waals surface area contributed by atoms with Crippen LogP contribution in [0.4, 0.5) is 13.2 Å². The molecule has 0 heterocycles. The molecule has 0 saturated heterocycles. The quantitative estimate of drug-likeness (QED) is 0.769. The lowest BCUT2D eigenvalue weighted by Gasteiger charge is -2.32. The minimum absolute atomic E-state index is 0.465. The van der Waals surface area contributed by atoms with Gasteiger partial charge in [0.2, 0.25) is 0 Å². The zero-order chi connectivity index (χ0) is 11.5. The molecular formula is C10H18F3NO. The van der Waals surface area contributed by atoms with E-state index in [2.05, 4.69) is 5.32 Å². The van der Waals surface area contributed by atoms with Gasteiger partial charge in [-0.2, -0.15) is 13.2 Å². The molecule has 1 aliphatic rings. The van der Waals surface area contributed by atoms with Gasteiger partial charge in [0.1, 0.15) is 0 Å². The highest BCUT2D eigenvalue weighted by Crippen LogP contribution is 2.36. The van der Waals surface area contributed by atoms with E-state index in [1.807, 2.05) is 7.05 Å². The molecule has 1 atom stereocenters. The van der Waals surface area contributed by atoms with Crippen molar-refractivity contribution in [2.45, 2.75) is 38.0 Å². The van der Waals surface area contributed by atoms with Crippen molar-refractivity contribution in [1.29, 1.82) is 0 Å². The third-order valence-corrected chi connectivity index (χ3v) is 3.17. The molecule has 0 radical (unpaired) electrons. The number of alkyl halides is 3. The fourth-order valence-corrected chi connectivity index (χ4v) is 2.26. The minimum atomic E-state index is -4.46. The van der Waals surface area contributed by atoms with E-state index in [1.165, 1.54) is 0 Å². The van der Waals surface area contributed by atoms with Crippen LogP contribution in [0.5, 0.6) is 0 Å². The summed E-state index contributed by atoms with van der Waals surface area (Å²) in [7, 11) is 1.84. The van der Waals surface area contributed by atoms with E-state index in [1.54, 1.807) is 0 Å². The molecule has 2 nitrogen and oxygen atoms in total. The van der Waals surface area contributed by atoms with Gasteiger partial charge in [-0.05, 0) is 51.1 Å². The van der Waals surface area contributed by atoms with Gasteiger partial charge in [-0.1, -0.05) is 0 Å². The number of aliphatic hydroxyl groups is 1. The fourth-order valence-electron chi connectivity index (χ4n) is 2.26.